The summed E-state index contributed by atoms with van der Waals surface area (Å²) in [7, 11) is 0. The standard InChI is InChI=1S/C11H6Br2ClN3O/c12-7-3-6(4-8(13)5-7)10(18)16-9-1-2-15-11(14)17-9/h1-5H,(H,15,16,17,18). The van der Waals surface area contributed by atoms with Gasteiger partial charge in [0.05, 0.1) is 0 Å². The Bertz CT molecular complexity index is 586. The van der Waals surface area contributed by atoms with Gasteiger partial charge in [-0.1, -0.05) is 31.9 Å². The Morgan fingerprint density at radius 3 is 2.50 bits per heavy atom. The molecule has 0 aliphatic carbocycles. The Balaban J connectivity index is 2.22. The first-order valence-corrected chi connectivity index (χ1v) is 6.77. The first kappa shape index (κ1) is 13.5. The van der Waals surface area contributed by atoms with E-state index in [4.69, 9.17) is 11.6 Å². The van der Waals surface area contributed by atoms with Crippen molar-refractivity contribution in [2.45, 2.75) is 0 Å². The van der Waals surface area contributed by atoms with Gasteiger partial charge < -0.3 is 5.32 Å². The van der Waals surface area contributed by atoms with E-state index in [9.17, 15) is 4.79 Å². The fraction of sp³-hybridized carbons (Fsp3) is 0. The second kappa shape index (κ2) is 5.77. The lowest BCUT2D eigenvalue weighted by atomic mass is 10.2. The van der Waals surface area contributed by atoms with E-state index in [-0.39, 0.29) is 11.2 Å². The van der Waals surface area contributed by atoms with Crippen molar-refractivity contribution in [2.75, 3.05) is 5.32 Å². The van der Waals surface area contributed by atoms with Gasteiger partial charge in [-0.2, -0.15) is 0 Å². The van der Waals surface area contributed by atoms with E-state index < -0.39 is 0 Å². The maximum atomic E-state index is 12.0. The number of nitrogens with one attached hydrogen (secondary N) is 1. The number of benzene rings is 1. The SMILES string of the molecule is O=C(Nc1ccnc(Cl)n1)c1cc(Br)cc(Br)c1. The number of carbonyl (C=O) groups excluding carboxylic acids is 1. The topological polar surface area (TPSA) is 54.9 Å². The molecule has 0 spiro atoms. The Labute approximate surface area is 125 Å². The molecule has 0 unspecified atom stereocenters. The van der Waals surface area contributed by atoms with E-state index in [1.807, 2.05) is 6.07 Å². The molecule has 7 heteroatoms. The monoisotopic (exact) mass is 389 g/mol. The third-order valence-electron chi connectivity index (χ3n) is 1.99. The number of carbonyl (C=O) groups is 1. The first-order chi connectivity index (χ1) is 8.54. The van der Waals surface area contributed by atoms with E-state index in [0.717, 1.165) is 8.95 Å². The lowest BCUT2D eigenvalue weighted by Gasteiger charge is -2.05. The summed E-state index contributed by atoms with van der Waals surface area (Å²) < 4.78 is 1.62. The average Bonchev–Trinajstić information content (AvgIpc) is 2.27. The van der Waals surface area contributed by atoms with Gasteiger partial charge in [0.2, 0.25) is 5.28 Å². The van der Waals surface area contributed by atoms with Crippen LogP contribution >= 0.6 is 43.5 Å². The quantitative estimate of drug-likeness (QED) is 0.790. The first-order valence-electron chi connectivity index (χ1n) is 4.80. The van der Waals surface area contributed by atoms with Crippen molar-refractivity contribution >= 4 is 55.2 Å². The lowest BCUT2D eigenvalue weighted by Crippen LogP contribution is -2.13. The Hall–Kier alpha value is -0.980. The Kier molecular flexibility index (Phi) is 4.31. The van der Waals surface area contributed by atoms with Crippen LogP contribution in [-0.2, 0) is 0 Å². The van der Waals surface area contributed by atoms with Crippen LogP contribution in [-0.4, -0.2) is 15.9 Å². The summed E-state index contributed by atoms with van der Waals surface area (Å²) in [5, 5.41) is 2.72. The molecule has 4 nitrogen and oxygen atoms in total. The summed E-state index contributed by atoms with van der Waals surface area (Å²) in [6, 6.07) is 6.83. The smallest absolute Gasteiger partial charge is 0.256 e. The molecule has 1 N–H and O–H groups in total. The predicted molar refractivity (Wildman–Crippen MR) is 76.8 cm³/mol. The lowest BCUT2D eigenvalue weighted by molar-refractivity contribution is 0.102. The third kappa shape index (κ3) is 3.51. The molecule has 0 saturated carbocycles. The average molecular weight is 391 g/mol. The molecule has 0 aliphatic heterocycles. The van der Waals surface area contributed by atoms with Crippen molar-refractivity contribution in [3.05, 3.63) is 50.3 Å². The molecule has 0 atom stereocenters. The van der Waals surface area contributed by atoms with Crippen LogP contribution in [0.5, 0.6) is 0 Å². The van der Waals surface area contributed by atoms with Gasteiger partial charge in [0.1, 0.15) is 5.82 Å². The van der Waals surface area contributed by atoms with Crippen LogP contribution < -0.4 is 5.32 Å². The molecule has 1 heterocycles. The molecule has 18 heavy (non-hydrogen) atoms. The van der Waals surface area contributed by atoms with Gasteiger partial charge in [0, 0.05) is 20.7 Å². The van der Waals surface area contributed by atoms with E-state index in [1.165, 1.54) is 6.20 Å². The number of anilines is 1. The molecular formula is C11H6Br2ClN3O. The van der Waals surface area contributed by atoms with Crippen LogP contribution in [0.2, 0.25) is 5.28 Å². The molecule has 2 rings (SSSR count). The van der Waals surface area contributed by atoms with Crippen molar-refractivity contribution < 1.29 is 4.79 Å². The minimum absolute atomic E-state index is 0.0863. The summed E-state index contributed by atoms with van der Waals surface area (Å²) >= 11 is 12.3. The molecule has 0 radical (unpaired) electrons. The Morgan fingerprint density at radius 1 is 1.22 bits per heavy atom. The summed E-state index contributed by atoms with van der Waals surface area (Å²) in [5.41, 5.74) is 0.506. The van der Waals surface area contributed by atoms with Gasteiger partial charge in [0.15, 0.2) is 0 Å². The zero-order valence-electron chi connectivity index (χ0n) is 8.82. The normalized spacial score (nSPS) is 10.2. The highest BCUT2D eigenvalue weighted by molar-refractivity contribution is 9.11. The number of amides is 1. The summed E-state index contributed by atoms with van der Waals surface area (Å²) in [6.45, 7) is 0. The highest BCUT2D eigenvalue weighted by Crippen LogP contribution is 2.20. The highest BCUT2D eigenvalue weighted by Gasteiger charge is 2.09. The number of hydrogen-bond acceptors (Lipinski definition) is 3. The zero-order valence-corrected chi connectivity index (χ0v) is 12.8. The zero-order chi connectivity index (χ0) is 13.1. The van der Waals surface area contributed by atoms with Gasteiger partial charge in [0.25, 0.3) is 5.91 Å². The molecule has 0 fully saturated rings. The third-order valence-corrected chi connectivity index (χ3v) is 3.09. The van der Waals surface area contributed by atoms with Crippen LogP contribution in [0, 0.1) is 0 Å². The summed E-state index contributed by atoms with van der Waals surface area (Å²) in [5.74, 6) is 0.0860. The molecule has 2 aromatic rings. The van der Waals surface area contributed by atoms with Crippen LogP contribution in [0.15, 0.2) is 39.4 Å². The number of hydrogen-bond donors (Lipinski definition) is 1. The Morgan fingerprint density at radius 2 is 1.89 bits per heavy atom. The van der Waals surface area contributed by atoms with Gasteiger partial charge in [-0.3, -0.25) is 4.79 Å². The number of rotatable bonds is 2. The minimum atomic E-state index is -0.272. The fourth-order valence-electron chi connectivity index (χ4n) is 1.28. The van der Waals surface area contributed by atoms with Crippen LogP contribution in [0.25, 0.3) is 0 Å². The van der Waals surface area contributed by atoms with Crippen LogP contribution in [0.3, 0.4) is 0 Å². The molecule has 1 amide bonds. The number of aromatic nitrogens is 2. The van der Waals surface area contributed by atoms with Crippen molar-refractivity contribution in [1.82, 2.24) is 9.97 Å². The fourth-order valence-corrected chi connectivity index (χ4v) is 2.72. The van der Waals surface area contributed by atoms with Crippen LogP contribution in [0.4, 0.5) is 5.82 Å². The number of nitrogens with zero attached hydrogens (tertiary/aromatic N) is 2. The maximum Gasteiger partial charge on any atom is 0.256 e. The molecule has 1 aromatic heterocycles. The van der Waals surface area contributed by atoms with Gasteiger partial charge in [-0.25, -0.2) is 9.97 Å². The van der Waals surface area contributed by atoms with Gasteiger partial charge >= 0.3 is 0 Å². The van der Waals surface area contributed by atoms with Crippen molar-refractivity contribution in [1.29, 1.82) is 0 Å². The second-order valence-electron chi connectivity index (χ2n) is 3.32. The summed E-state index contributed by atoms with van der Waals surface area (Å²) in [4.78, 5) is 19.6. The molecule has 92 valence electrons. The van der Waals surface area contributed by atoms with Gasteiger partial charge in [-0.05, 0) is 35.9 Å². The van der Waals surface area contributed by atoms with Crippen molar-refractivity contribution in [3.63, 3.8) is 0 Å². The highest BCUT2D eigenvalue weighted by atomic mass is 79.9. The predicted octanol–water partition coefficient (Wildman–Crippen LogP) is 3.91. The second-order valence-corrected chi connectivity index (χ2v) is 5.49. The largest absolute Gasteiger partial charge is 0.306 e. The minimum Gasteiger partial charge on any atom is -0.306 e. The van der Waals surface area contributed by atoms with Crippen molar-refractivity contribution in [2.24, 2.45) is 0 Å². The van der Waals surface area contributed by atoms with E-state index in [2.05, 4.69) is 47.1 Å². The van der Waals surface area contributed by atoms with Gasteiger partial charge in [-0.15, -0.1) is 0 Å². The summed E-state index contributed by atoms with van der Waals surface area (Å²) in [6.07, 6.45) is 1.47. The molecule has 0 bridgehead atoms. The van der Waals surface area contributed by atoms with E-state index in [1.54, 1.807) is 18.2 Å². The molecular weight excluding hydrogens is 385 g/mol. The van der Waals surface area contributed by atoms with E-state index >= 15 is 0 Å². The van der Waals surface area contributed by atoms with Crippen molar-refractivity contribution in [3.8, 4) is 0 Å². The molecule has 0 saturated heterocycles. The maximum absolute atomic E-state index is 12.0. The van der Waals surface area contributed by atoms with Crippen LogP contribution in [0.1, 0.15) is 10.4 Å². The molecule has 0 aliphatic rings. The van der Waals surface area contributed by atoms with E-state index in [0.29, 0.717) is 11.4 Å². The number of halogens is 3. The molecule has 1 aromatic carbocycles.